The Kier molecular flexibility index (Phi) is 6.84. The first-order valence-electron chi connectivity index (χ1n) is 8.63. The Morgan fingerprint density at radius 2 is 2.04 bits per heavy atom. The van der Waals surface area contributed by atoms with Gasteiger partial charge in [0.2, 0.25) is 0 Å². The summed E-state index contributed by atoms with van der Waals surface area (Å²) in [6, 6.07) is 15.1. The number of hydrogen-bond acceptors (Lipinski definition) is 4. The molecule has 3 rings (SSSR count). The van der Waals surface area contributed by atoms with Crippen molar-refractivity contribution in [2.24, 2.45) is 0 Å². The fraction of sp³-hybridized carbons (Fsp3) is 0.190. The van der Waals surface area contributed by atoms with Gasteiger partial charge < -0.3 is 19.2 Å². The second-order valence-corrected chi connectivity index (χ2v) is 6.95. The molecule has 7 heteroatoms. The van der Waals surface area contributed by atoms with E-state index < -0.39 is 6.10 Å². The Balaban J connectivity index is 1.54. The van der Waals surface area contributed by atoms with Crippen LogP contribution in [-0.4, -0.2) is 12.0 Å². The van der Waals surface area contributed by atoms with Crippen LogP contribution in [0, 0.1) is 5.82 Å². The molecule has 3 aromatic rings. The van der Waals surface area contributed by atoms with Crippen molar-refractivity contribution in [3.05, 3.63) is 82.5 Å². The molecule has 1 amide bonds. The van der Waals surface area contributed by atoms with Gasteiger partial charge in [0, 0.05) is 5.69 Å². The number of rotatable bonds is 8. The predicted molar refractivity (Wildman–Crippen MR) is 106 cm³/mol. The molecule has 0 radical (unpaired) electrons. The molecule has 0 spiro atoms. The molecule has 0 aliphatic rings. The highest BCUT2D eigenvalue weighted by Gasteiger charge is 2.16. The third-order valence-corrected chi connectivity index (χ3v) is 4.47. The van der Waals surface area contributed by atoms with E-state index in [-0.39, 0.29) is 11.7 Å². The molecule has 0 saturated carbocycles. The molecule has 1 N–H and O–H groups in total. The molecular formula is C21H19BrFNO4. The van der Waals surface area contributed by atoms with Crippen LogP contribution in [0.4, 0.5) is 10.1 Å². The van der Waals surface area contributed by atoms with Gasteiger partial charge in [0.05, 0.1) is 17.3 Å². The number of ether oxygens (including phenoxy) is 2. The number of carbonyl (C=O) groups is 1. The largest absolute Gasteiger partial charge is 0.480 e. The van der Waals surface area contributed by atoms with E-state index in [0.29, 0.717) is 29.1 Å². The maximum atomic E-state index is 13.2. The monoisotopic (exact) mass is 447 g/mol. The van der Waals surface area contributed by atoms with Crippen LogP contribution in [0.1, 0.15) is 18.2 Å². The number of amides is 1. The van der Waals surface area contributed by atoms with E-state index in [1.54, 1.807) is 19.3 Å². The van der Waals surface area contributed by atoms with Crippen molar-refractivity contribution in [3.8, 4) is 5.75 Å². The molecule has 5 nitrogen and oxygen atoms in total. The van der Waals surface area contributed by atoms with E-state index >= 15 is 0 Å². The van der Waals surface area contributed by atoms with Crippen molar-refractivity contribution in [2.75, 3.05) is 5.32 Å². The SMILES string of the molecule is CC(Oc1ccc(F)cc1Br)C(=O)Nc1cccc(COCc2ccco2)c1. The van der Waals surface area contributed by atoms with Crippen molar-refractivity contribution < 1.29 is 23.1 Å². The lowest BCUT2D eigenvalue weighted by atomic mass is 10.2. The fourth-order valence-corrected chi connectivity index (χ4v) is 2.91. The van der Waals surface area contributed by atoms with Gasteiger partial charge in [0.15, 0.2) is 6.10 Å². The number of halogens is 2. The molecule has 1 atom stereocenters. The molecule has 28 heavy (non-hydrogen) atoms. The third-order valence-electron chi connectivity index (χ3n) is 3.85. The van der Waals surface area contributed by atoms with Gasteiger partial charge in [-0.2, -0.15) is 0 Å². The molecular weight excluding hydrogens is 429 g/mol. The van der Waals surface area contributed by atoms with Crippen LogP contribution < -0.4 is 10.1 Å². The Morgan fingerprint density at radius 1 is 1.18 bits per heavy atom. The smallest absolute Gasteiger partial charge is 0.265 e. The molecule has 0 fully saturated rings. The van der Waals surface area contributed by atoms with Crippen molar-refractivity contribution >= 4 is 27.5 Å². The van der Waals surface area contributed by atoms with Crippen molar-refractivity contribution in [1.82, 2.24) is 0 Å². The molecule has 2 aromatic carbocycles. The highest BCUT2D eigenvalue weighted by Crippen LogP contribution is 2.26. The number of anilines is 1. The minimum absolute atomic E-state index is 0.315. The van der Waals surface area contributed by atoms with Crippen LogP contribution in [0.3, 0.4) is 0 Å². The summed E-state index contributed by atoms with van der Waals surface area (Å²) < 4.78 is 30.0. The van der Waals surface area contributed by atoms with E-state index in [2.05, 4.69) is 21.2 Å². The summed E-state index contributed by atoms with van der Waals surface area (Å²) in [4.78, 5) is 12.4. The Morgan fingerprint density at radius 3 is 2.79 bits per heavy atom. The average Bonchev–Trinajstić information content (AvgIpc) is 3.18. The van der Waals surface area contributed by atoms with Crippen LogP contribution in [0.15, 0.2) is 69.8 Å². The maximum Gasteiger partial charge on any atom is 0.265 e. The normalized spacial score (nSPS) is 11.8. The van der Waals surface area contributed by atoms with Gasteiger partial charge in [-0.25, -0.2) is 4.39 Å². The van der Waals surface area contributed by atoms with Crippen molar-refractivity contribution in [1.29, 1.82) is 0 Å². The van der Waals surface area contributed by atoms with Crippen LogP contribution >= 0.6 is 15.9 Å². The Hall–Kier alpha value is -2.64. The van der Waals surface area contributed by atoms with Crippen LogP contribution in [0.25, 0.3) is 0 Å². The summed E-state index contributed by atoms with van der Waals surface area (Å²) in [5, 5.41) is 2.81. The average molecular weight is 448 g/mol. The Bertz CT molecular complexity index is 930. The quantitative estimate of drug-likeness (QED) is 0.508. The predicted octanol–water partition coefficient (Wildman–Crippen LogP) is 5.30. The molecule has 1 unspecified atom stereocenters. The zero-order valence-electron chi connectivity index (χ0n) is 15.2. The number of nitrogens with one attached hydrogen (secondary N) is 1. The van der Waals surface area contributed by atoms with E-state index in [0.717, 1.165) is 11.3 Å². The van der Waals surface area contributed by atoms with Gasteiger partial charge in [-0.05, 0) is 70.9 Å². The molecule has 0 saturated heterocycles. The summed E-state index contributed by atoms with van der Waals surface area (Å²) in [5.74, 6) is 0.443. The lowest BCUT2D eigenvalue weighted by Crippen LogP contribution is -2.30. The summed E-state index contributed by atoms with van der Waals surface area (Å²) in [5.41, 5.74) is 1.55. The minimum Gasteiger partial charge on any atom is -0.480 e. The van der Waals surface area contributed by atoms with Crippen LogP contribution in [0.5, 0.6) is 5.75 Å². The van der Waals surface area contributed by atoms with Crippen molar-refractivity contribution in [2.45, 2.75) is 26.2 Å². The Labute approximate surface area is 170 Å². The van der Waals surface area contributed by atoms with Gasteiger partial charge >= 0.3 is 0 Å². The van der Waals surface area contributed by atoms with Crippen molar-refractivity contribution in [3.63, 3.8) is 0 Å². The molecule has 1 aromatic heterocycles. The first-order valence-corrected chi connectivity index (χ1v) is 9.42. The number of benzene rings is 2. The summed E-state index contributed by atoms with van der Waals surface area (Å²) >= 11 is 3.22. The number of hydrogen-bond donors (Lipinski definition) is 1. The van der Waals surface area contributed by atoms with E-state index in [9.17, 15) is 9.18 Å². The molecule has 0 aliphatic carbocycles. The summed E-state index contributed by atoms with van der Waals surface area (Å²) in [6.07, 6.45) is 0.836. The maximum absolute atomic E-state index is 13.2. The molecule has 1 heterocycles. The standard InChI is InChI=1S/C21H19BrFNO4/c1-14(28-20-8-7-16(23)11-19(20)22)21(25)24-17-5-2-4-15(10-17)12-26-13-18-6-3-9-27-18/h2-11,14H,12-13H2,1H3,(H,24,25). The second kappa shape index (κ2) is 9.52. The fourth-order valence-electron chi connectivity index (χ4n) is 2.46. The van der Waals surface area contributed by atoms with E-state index in [1.807, 2.05) is 30.3 Å². The molecule has 146 valence electrons. The van der Waals surface area contributed by atoms with Gasteiger partial charge in [-0.1, -0.05) is 12.1 Å². The summed E-state index contributed by atoms with van der Waals surface area (Å²) in [6.45, 7) is 2.39. The van der Waals surface area contributed by atoms with Gasteiger partial charge in [0.25, 0.3) is 5.91 Å². The lowest BCUT2D eigenvalue weighted by molar-refractivity contribution is -0.122. The van der Waals surface area contributed by atoms with E-state index in [4.69, 9.17) is 13.9 Å². The highest BCUT2D eigenvalue weighted by atomic mass is 79.9. The van der Waals surface area contributed by atoms with Gasteiger partial charge in [-0.3, -0.25) is 4.79 Å². The van der Waals surface area contributed by atoms with E-state index in [1.165, 1.54) is 18.2 Å². The number of carbonyl (C=O) groups excluding carboxylic acids is 1. The molecule has 0 bridgehead atoms. The molecule has 0 aliphatic heterocycles. The van der Waals surface area contributed by atoms with Gasteiger partial charge in [0.1, 0.15) is 23.9 Å². The number of furan rings is 1. The third kappa shape index (κ3) is 5.68. The zero-order valence-corrected chi connectivity index (χ0v) is 16.7. The second-order valence-electron chi connectivity index (χ2n) is 6.10. The zero-order chi connectivity index (χ0) is 19.9. The first kappa shape index (κ1) is 20.1. The first-order chi connectivity index (χ1) is 13.5. The van der Waals surface area contributed by atoms with Crippen LogP contribution in [0.2, 0.25) is 0 Å². The van der Waals surface area contributed by atoms with Crippen LogP contribution in [-0.2, 0) is 22.7 Å². The highest BCUT2D eigenvalue weighted by molar-refractivity contribution is 9.10. The lowest BCUT2D eigenvalue weighted by Gasteiger charge is -2.16. The minimum atomic E-state index is -0.763. The van der Waals surface area contributed by atoms with Gasteiger partial charge in [-0.15, -0.1) is 0 Å². The summed E-state index contributed by atoms with van der Waals surface area (Å²) in [7, 11) is 0. The topological polar surface area (TPSA) is 60.7 Å².